The quantitative estimate of drug-likeness (QED) is 0.145. The van der Waals surface area contributed by atoms with Crippen LogP contribution in [0.25, 0.3) is 134 Å². The standard InChI is InChI=1S/C69H45N5/c1-4-20-46(21-5-1)49-26-18-27-50(42-49)51-38-40-55(66(45-51)74-63-36-16-12-32-58(63)59-33-13-17-37-64(59)74)52-28-19-29-53(43-52)68-70-67(48-24-8-3-9-25-48)71-69(72-68)54-39-41-65(60(44-54)47-22-6-2-7-23-47)73-61-34-14-10-30-56(61)57-31-11-15-35-62(57)73/h1-45H. The molecule has 0 amide bonds. The van der Waals surface area contributed by atoms with Gasteiger partial charge in [0.1, 0.15) is 0 Å². The number of para-hydroxylation sites is 4. The summed E-state index contributed by atoms with van der Waals surface area (Å²) in [6.07, 6.45) is 0. The second kappa shape index (κ2) is 18.0. The van der Waals surface area contributed by atoms with E-state index in [9.17, 15) is 0 Å². The lowest BCUT2D eigenvalue weighted by molar-refractivity contribution is 1.07. The van der Waals surface area contributed by atoms with Crippen LogP contribution in [0, 0.1) is 0 Å². The zero-order valence-corrected chi connectivity index (χ0v) is 40.2. The van der Waals surface area contributed by atoms with Crippen molar-refractivity contribution in [2.24, 2.45) is 0 Å². The first-order valence-electron chi connectivity index (χ1n) is 25.1. The largest absolute Gasteiger partial charge is 0.309 e. The van der Waals surface area contributed by atoms with Crippen molar-refractivity contribution in [2.75, 3.05) is 0 Å². The zero-order valence-electron chi connectivity index (χ0n) is 40.2. The molecule has 0 N–H and O–H groups in total. The van der Waals surface area contributed by atoms with Crippen LogP contribution in [-0.2, 0) is 0 Å². The van der Waals surface area contributed by atoms with E-state index in [1.54, 1.807) is 0 Å². The van der Waals surface area contributed by atoms with Crippen molar-refractivity contribution >= 4 is 43.6 Å². The Kier molecular flexibility index (Phi) is 10.4. The molecule has 0 radical (unpaired) electrons. The minimum atomic E-state index is 0.594. The van der Waals surface area contributed by atoms with Crippen molar-refractivity contribution in [1.82, 2.24) is 24.1 Å². The minimum Gasteiger partial charge on any atom is -0.309 e. The molecule has 0 saturated carbocycles. The van der Waals surface area contributed by atoms with Gasteiger partial charge in [-0.25, -0.2) is 15.0 Å². The van der Waals surface area contributed by atoms with Crippen LogP contribution >= 0.6 is 0 Å². The molecule has 0 fully saturated rings. The fraction of sp³-hybridized carbons (Fsp3) is 0. The summed E-state index contributed by atoms with van der Waals surface area (Å²) in [6, 6.07) is 97.2. The molecule has 0 spiro atoms. The van der Waals surface area contributed by atoms with Crippen molar-refractivity contribution in [3.63, 3.8) is 0 Å². The molecule has 346 valence electrons. The third kappa shape index (κ3) is 7.46. The van der Waals surface area contributed by atoms with Crippen molar-refractivity contribution in [3.8, 4) is 90.0 Å². The smallest absolute Gasteiger partial charge is 0.164 e. The lowest BCUT2D eigenvalue weighted by Gasteiger charge is -2.17. The highest BCUT2D eigenvalue weighted by molar-refractivity contribution is 6.11. The van der Waals surface area contributed by atoms with Gasteiger partial charge in [-0.05, 0) is 94.0 Å². The molecule has 11 aromatic carbocycles. The van der Waals surface area contributed by atoms with Gasteiger partial charge in [0.15, 0.2) is 17.5 Å². The van der Waals surface area contributed by atoms with Gasteiger partial charge in [0, 0.05) is 49.4 Å². The summed E-state index contributed by atoms with van der Waals surface area (Å²) in [5.41, 5.74) is 18.4. The van der Waals surface area contributed by atoms with E-state index in [0.717, 1.165) is 83.5 Å². The van der Waals surface area contributed by atoms with Crippen LogP contribution in [0.1, 0.15) is 0 Å². The second-order valence-corrected chi connectivity index (χ2v) is 18.8. The van der Waals surface area contributed by atoms with Crippen molar-refractivity contribution in [2.45, 2.75) is 0 Å². The average molecular weight is 944 g/mol. The van der Waals surface area contributed by atoms with E-state index in [0.29, 0.717) is 17.5 Å². The fourth-order valence-corrected chi connectivity index (χ4v) is 10.9. The SMILES string of the molecule is c1ccc(-c2cccc(-c3ccc(-c4cccc(-c5nc(-c6ccccc6)nc(-c6ccc(-n7c8ccccc8c8ccccc87)c(-c7ccccc7)c6)n5)c4)c(-n4c5ccccc5c5ccccc54)c3)c2)cc1. The average Bonchev–Trinajstić information content (AvgIpc) is 4.03. The van der Waals surface area contributed by atoms with Crippen LogP contribution in [0.3, 0.4) is 0 Å². The first-order chi connectivity index (χ1) is 36.7. The van der Waals surface area contributed by atoms with E-state index in [2.05, 4.69) is 264 Å². The number of aromatic nitrogens is 5. The first kappa shape index (κ1) is 42.9. The van der Waals surface area contributed by atoms with E-state index < -0.39 is 0 Å². The predicted octanol–water partition coefficient (Wildman–Crippen LogP) is 17.7. The van der Waals surface area contributed by atoms with Crippen LogP contribution in [0.4, 0.5) is 0 Å². The lowest BCUT2D eigenvalue weighted by atomic mass is 9.95. The van der Waals surface area contributed by atoms with Crippen molar-refractivity contribution in [1.29, 1.82) is 0 Å². The number of hydrogen-bond donors (Lipinski definition) is 0. The Labute approximate surface area is 428 Å². The van der Waals surface area contributed by atoms with Crippen molar-refractivity contribution < 1.29 is 0 Å². The summed E-state index contributed by atoms with van der Waals surface area (Å²) in [5.74, 6) is 1.80. The molecule has 14 rings (SSSR count). The number of hydrogen-bond acceptors (Lipinski definition) is 3. The minimum absolute atomic E-state index is 0.594. The Morgan fingerprint density at radius 3 is 1.12 bits per heavy atom. The van der Waals surface area contributed by atoms with Crippen LogP contribution < -0.4 is 0 Å². The molecule has 0 atom stereocenters. The van der Waals surface area contributed by atoms with Gasteiger partial charge in [0.05, 0.1) is 33.4 Å². The van der Waals surface area contributed by atoms with E-state index >= 15 is 0 Å². The molecule has 0 saturated heterocycles. The van der Waals surface area contributed by atoms with Gasteiger partial charge in [-0.3, -0.25) is 0 Å². The molecule has 5 nitrogen and oxygen atoms in total. The summed E-state index contributed by atoms with van der Waals surface area (Å²) in [5, 5.41) is 4.86. The maximum Gasteiger partial charge on any atom is 0.164 e. The maximum absolute atomic E-state index is 5.37. The highest BCUT2D eigenvalue weighted by Crippen LogP contribution is 2.41. The first-order valence-corrected chi connectivity index (χ1v) is 25.1. The molecule has 0 unspecified atom stereocenters. The summed E-state index contributed by atoms with van der Waals surface area (Å²) in [6.45, 7) is 0. The summed E-state index contributed by atoms with van der Waals surface area (Å²) < 4.78 is 4.82. The molecule has 3 aromatic heterocycles. The number of benzene rings is 11. The van der Waals surface area contributed by atoms with E-state index in [1.165, 1.54) is 32.7 Å². The third-order valence-corrected chi connectivity index (χ3v) is 14.4. The van der Waals surface area contributed by atoms with E-state index in [4.69, 9.17) is 15.0 Å². The zero-order chi connectivity index (χ0) is 49.0. The molecular weight excluding hydrogens is 899 g/mol. The van der Waals surface area contributed by atoms with Gasteiger partial charge < -0.3 is 9.13 Å². The maximum atomic E-state index is 5.37. The summed E-state index contributed by atoms with van der Waals surface area (Å²) in [7, 11) is 0. The number of fused-ring (bicyclic) bond motifs is 6. The van der Waals surface area contributed by atoms with E-state index in [-0.39, 0.29) is 0 Å². The number of rotatable bonds is 9. The molecular formula is C69H45N5. The van der Waals surface area contributed by atoms with Gasteiger partial charge in [0.2, 0.25) is 0 Å². The van der Waals surface area contributed by atoms with Crippen LogP contribution in [0.15, 0.2) is 273 Å². The molecule has 74 heavy (non-hydrogen) atoms. The monoisotopic (exact) mass is 943 g/mol. The topological polar surface area (TPSA) is 48.5 Å². The Morgan fingerprint density at radius 1 is 0.203 bits per heavy atom. The lowest BCUT2D eigenvalue weighted by Crippen LogP contribution is -2.02. The third-order valence-electron chi connectivity index (χ3n) is 14.4. The molecule has 0 bridgehead atoms. The van der Waals surface area contributed by atoms with Crippen LogP contribution in [-0.4, -0.2) is 24.1 Å². The normalized spacial score (nSPS) is 11.5. The van der Waals surface area contributed by atoms with Gasteiger partial charge in [0.25, 0.3) is 0 Å². The molecule has 14 aromatic rings. The summed E-state index contributed by atoms with van der Waals surface area (Å²) in [4.78, 5) is 15.9. The van der Waals surface area contributed by atoms with Gasteiger partial charge in [-0.2, -0.15) is 0 Å². The van der Waals surface area contributed by atoms with Gasteiger partial charge in [-0.1, -0.05) is 212 Å². The van der Waals surface area contributed by atoms with Crippen LogP contribution in [0.5, 0.6) is 0 Å². The van der Waals surface area contributed by atoms with Gasteiger partial charge >= 0.3 is 0 Å². The predicted molar refractivity (Wildman–Crippen MR) is 307 cm³/mol. The Hall–Kier alpha value is -9.97. The van der Waals surface area contributed by atoms with Crippen molar-refractivity contribution in [3.05, 3.63) is 273 Å². The Morgan fingerprint density at radius 2 is 0.568 bits per heavy atom. The molecule has 0 aliphatic rings. The fourth-order valence-electron chi connectivity index (χ4n) is 10.9. The Balaban J connectivity index is 0.945. The molecule has 0 aliphatic heterocycles. The molecule has 3 heterocycles. The van der Waals surface area contributed by atoms with Gasteiger partial charge in [-0.15, -0.1) is 0 Å². The molecule has 0 aliphatic carbocycles. The highest BCUT2D eigenvalue weighted by Gasteiger charge is 2.21. The Bertz CT molecular complexity index is 4310. The molecule has 5 heteroatoms. The van der Waals surface area contributed by atoms with E-state index in [1.807, 2.05) is 18.2 Å². The second-order valence-electron chi connectivity index (χ2n) is 18.8. The highest BCUT2D eigenvalue weighted by atomic mass is 15.0. The van der Waals surface area contributed by atoms with Crippen LogP contribution in [0.2, 0.25) is 0 Å². The summed E-state index contributed by atoms with van der Waals surface area (Å²) >= 11 is 0. The number of nitrogens with zero attached hydrogens (tertiary/aromatic N) is 5.